The Balaban J connectivity index is 1.50. The molecule has 2 aromatic heterocycles. The van der Waals surface area contributed by atoms with Gasteiger partial charge in [0.2, 0.25) is 0 Å². The molecule has 1 aliphatic heterocycles. The number of hydrogen-bond donors (Lipinski definition) is 2. The van der Waals surface area contributed by atoms with Crippen LogP contribution in [0.25, 0.3) is 11.0 Å². The van der Waals surface area contributed by atoms with Gasteiger partial charge < -0.3 is 15.0 Å². The van der Waals surface area contributed by atoms with E-state index < -0.39 is 0 Å². The minimum atomic E-state index is -0.134. The second-order valence-corrected chi connectivity index (χ2v) is 6.05. The summed E-state index contributed by atoms with van der Waals surface area (Å²) in [6.07, 6.45) is 2.67. The van der Waals surface area contributed by atoms with Gasteiger partial charge in [0.1, 0.15) is 5.82 Å². The van der Waals surface area contributed by atoms with E-state index in [2.05, 4.69) is 20.4 Å². The highest BCUT2D eigenvalue weighted by atomic mass is 16.5. The predicted octanol–water partition coefficient (Wildman–Crippen LogP) is 1.73. The number of aromatic amines is 1. The lowest BCUT2D eigenvalue weighted by Crippen LogP contribution is -2.24. The quantitative estimate of drug-likeness (QED) is 0.765. The summed E-state index contributed by atoms with van der Waals surface area (Å²) < 4.78 is 7.11. The van der Waals surface area contributed by atoms with Gasteiger partial charge in [-0.2, -0.15) is 5.10 Å². The summed E-state index contributed by atoms with van der Waals surface area (Å²) in [5.74, 6) is 0.794. The summed E-state index contributed by atoms with van der Waals surface area (Å²) in [5.41, 5.74) is 3.29. The molecule has 1 unspecified atom stereocenters. The highest BCUT2D eigenvalue weighted by molar-refractivity contribution is 5.95. The highest BCUT2D eigenvalue weighted by Crippen LogP contribution is 2.26. The Kier molecular flexibility index (Phi) is 3.78. The molecule has 7 nitrogen and oxygen atoms in total. The molecule has 0 radical (unpaired) electrons. The van der Waals surface area contributed by atoms with Crippen LogP contribution in [0, 0.1) is 0 Å². The lowest BCUT2D eigenvalue weighted by atomic mass is 10.0. The number of nitrogens with zero attached hydrogens (tertiary/aromatic N) is 3. The normalized spacial score (nSPS) is 17.5. The van der Waals surface area contributed by atoms with E-state index in [0.717, 1.165) is 35.6 Å². The Labute approximate surface area is 139 Å². The zero-order chi connectivity index (χ0) is 16.5. The second kappa shape index (κ2) is 6.09. The summed E-state index contributed by atoms with van der Waals surface area (Å²) in [4.78, 5) is 20.3. The zero-order valence-corrected chi connectivity index (χ0v) is 13.5. The third-order valence-electron chi connectivity index (χ3n) is 4.27. The van der Waals surface area contributed by atoms with Gasteiger partial charge in [-0.05, 0) is 18.6 Å². The van der Waals surface area contributed by atoms with Gasteiger partial charge in [-0.3, -0.25) is 9.48 Å². The topological polar surface area (TPSA) is 84.8 Å². The number of imidazole rings is 1. The van der Waals surface area contributed by atoms with Crippen LogP contribution in [0.4, 0.5) is 0 Å². The molecule has 0 bridgehead atoms. The Hall–Kier alpha value is -2.67. The summed E-state index contributed by atoms with van der Waals surface area (Å²) in [6.45, 7) is 1.70. The molecule has 0 saturated carbocycles. The SMILES string of the molecule is Cn1cc(C(=O)NCc2nc3ccccc3[nH]2)c(C2CCOC2)n1. The number of carbonyl (C=O) groups excluding carboxylic acids is 1. The van der Waals surface area contributed by atoms with Crippen LogP contribution in [0.1, 0.15) is 34.2 Å². The maximum absolute atomic E-state index is 12.6. The fraction of sp³-hybridized carbons (Fsp3) is 0.353. The minimum Gasteiger partial charge on any atom is -0.381 e. The standard InChI is InChI=1S/C17H19N5O2/c1-22-9-12(16(21-22)11-6-7-24-10-11)17(23)18-8-15-19-13-4-2-3-5-14(13)20-15/h2-5,9,11H,6-8,10H2,1H3,(H,18,23)(H,19,20). The number of para-hydroxylation sites is 2. The van der Waals surface area contributed by atoms with E-state index in [-0.39, 0.29) is 11.8 Å². The number of amides is 1. The molecule has 0 aliphatic carbocycles. The molecule has 1 atom stereocenters. The van der Waals surface area contributed by atoms with Crippen molar-refractivity contribution in [2.75, 3.05) is 13.2 Å². The van der Waals surface area contributed by atoms with Crippen molar-refractivity contribution in [3.8, 4) is 0 Å². The van der Waals surface area contributed by atoms with E-state index in [1.165, 1.54) is 0 Å². The Bertz CT molecular complexity index is 843. The van der Waals surface area contributed by atoms with E-state index in [4.69, 9.17) is 4.74 Å². The van der Waals surface area contributed by atoms with Crippen molar-refractivity contribution < 1.29 is 9.53 Å². The molecule has 124 valence electrons. The van der Waals surface area contributed by atoms with Crippen molar-refractivity contribution in [3.63, 3.8) is 0 Å². The van der Waals surface area contributed by atoms with Gasteiger partial charge in [0, 0.05) is 25.8 Å². The van der Waals surface area contributed by atoms with Crippen molar-refractivity contribution in [1.82, 2.24) is 25.1 Å². The first-order chi connectivity index (χ1) is 11.7. The van der Waals surface area contributed by atoms with Crippen LogP contribution in [0.15, 0.2) is 30.5 Å². The maximum Gasteiger partial charge on any atom is 0.255 e. The van der Waals surface area contributed by atoms with Crippen LogP contribution >= 0.6 is 0 Å². The number of H-pyrrole nitrogens is 1. The van der Waals surface area contributed by atoms with Crippen LogP contribution in [-0.2, 0) is 18.3 Å². The smallest absolute Gasteiger partial charge is 0.255 e. The fourth-order valence-electron chi connectivity index (χ4n) is 3.08. The first kappa shape index (κ1) is 14.9. The number of fused-ring (bicyclic) bond motifs is 1. The molecule has 1 aliphatic rings. The van der Waals surface area contributed by atoms with E-state index in [1.54, 1.807) is 10.9 Å². The third-order valence-corrected chi connectivity index (χ3v) is 4.27. The molecular weight excluding hydrogens is 306 g/mol. The minimum absolute atomic E-state index is 0.134. The average Bonchev–Trinajstić information content (AvgIpc) is 3.30. The lowest BCUT2D eigenvalue weighted by Gasteiger charge is -2.07. The van der Waals surface area contributed by atoms with Gasteiger partial charge in [-0.1, -0.05) is 12.1 Å². The predicted molar refractivity (Wildman–Crippen MR) is 88.6 cm³/mol. The number of carbonyl (C=O) groups is 1. The average molecular weight is 325 g/mol. The summed E-state index contributed by atoms with van der Waals surface area (Å²) >= 11 is 0. The van der Waals surface area contributed by atoms with Crippen molar-refractivity contribution >= 4 is 16.9 Å². The largest absolute Gasteiger partial charge is 0.381 e. The van der Waals surface area contributed by atoms with Gasteiger partial charge in [0.25, 0.3) is 5.91 Å². The number of benzene rings is 1. The fourth-order valence-corrected chi connectivity index (χ4v) is 3.08. The Morgan fingerprint density at radius 2 is 2.33 bits per heavy atom. The molecule has 1 aromatic carbocycles. The zero-order valence-electron chi connectivity index (χ0n) is 13.5. The molecule has 1 saturated heterocycles. The van der Waals surface area contributed by atoms with Crippen LogP contribution in [-0.4, -0.2) is 38.9 Å². The Morgan fingerprint density at radius 3 is 3.12 bits per heavy atom. The molecular formula is C17H19N5O2. The lowest BCUT2D eigenvalue weighted by molar-refractivity contribution is 0.0948. The summed E-state index contributed by atoms with van der Waals surface area (Å²) in [7, 11) is 1.83. The molecule has 2 N–H and O–H groups in total. The van der Waals surface area contributed by atoms with Crippen LogP contribution in [0.5, 0.6) is 0 Å². The molecule has 24 heavy (non-hydrogen) atoms. The number of rotatable bonds is 4. The summed E-state index contributed by atoms with van der Waals surface area (Å²) in [6, 6.07) is 7.80. The van der Waals surface area contributed by atoms with E-state index >= 15 is 0 Å². The number of aryl methyl sites for hydroxylation is 1. The van der Waals surface area contributed by atoms with Gasteiger partial charge in [0.05, 0.1) is 35.4 Å². The number of aromatic nitrogens is 4. The highest BCUT2D eigenvalue weighted by Gasteiger charge is 2.26. The van der Waals surface area contributed by atoms with Crippen LogP contribution in [0.3, 0.4) is 0 Å². The maximum atomic E-state index is 12.6. The van der Waals surface area contributed by atoms with Crippen LogP contribution in [0.2, 0.25) is 0 Å². The monoisotopic (exact) mass is 325 g/mol. The second-order valence-electron chi connectivity index (χ2n) is 6.05. The van der Waals surface area contributed by atoms with Crippen molar-refractivity contribution in [1.29, 1.82) is 0 Å². The van der Waals surface area contributed by atoms with Gasteiger partial charge >= 0.3 is 0 Å². The van der Waals surface area contributed by atoms with E-state index in [1.807, 2.05) is 31.3 Å². The summed E-state index contributed by atoms with van der Waals surface area (Å²) in [5, 5.41) is 7.38. The number of ether oxygens (including phenoxy) is 1. The van der Waals surface area contributed by atoms with Gasteiger partial charge in [-0.25, -0.2) is 4.98 Å². The molecule has 4 rings (SSSR count). The molecule has 3 heterocycles. The number of nitrogens with one attached hydrogen (secondary N) is 2. The molecule has 1 fully saturated rings. The first-order valence-corrected chi connectivity index (χ1v) is 8.04. The van der Waals surface area contributed by atoms with E-state index in [9.17, 15) is 4.79 Å². The van der Waals surface area contributed by atoms with Crippen LogP contribution < -0.4 is 5.32 Å². The molecule has 1 amide bonds. The van der Waals surface area contributed by atoms with Gasteiger partial charge in [0.15, 0.2) is 0 Å². The van der Waals surface area contributed by atoms with E-state index in [0.29, 0.717) is 18.7 Å². The van der Waals surface area contributed by atoms with Crippen molar-refractivity contribution in [3.05, 3.63) is 47.5 Å². The van der Waals surface area contributed by atoms with Crippen molar-refractivity contribution in [2.45, 2.75) is 18.9 Å². The molecule has 0 spiro atoms. The molecule has 3 aromatic rings. The third kappa shape index (κ3) is 2.78. The Morgan fingerprint density at radius 1 is 1.46 bits per heavy atom. The first-order valence-electron chi connectivity index (χ1n) is 8.04. The molecule has 7 heteroatoms. The van der Waals surface area contributed by atoms with Crippen molar-refractivity contribution in [2.24, 2.45) is 7.05 Å². The van der Waals surface area contributed by atoms with Gasteiger partial charge in [-0.15, -0.1) is 0 Å². The number of hydrogen-bond acceptors (Lipinski definition) is 4.